The first-order valence-corrected chi connectivity index (χ1v) is 6.72. The van der Waals surface area contributed by atoms with Crippen LogP contribution in [-0.4, -0.2) is 13.1 Å². The Kier molecular flexibility index (Phi) is 4.27. The van der Waals surface area contributed by atoms with Gasteiger partial charge in [0.2, 0.25) is 0 Å². The Morgan fingerprint density at radius 1 is 1.29 bits per heavy atom. The fraction of sp³-hybridized carbons (Fsp3) is 0.933. The van der Waals surface area contributed by atoms with E-state index in [4.69, 9.17) is 4.74 Å². The summed E-state index contributed by atoms with van der Waals surface area (Å²) in [5.41, 5.74) is 0.648. The molecular weight excluding hydrogens is 212 g/mol. The summed E-state index contributed by atoms with van der Waals surface area (Å²) in [5.74, 6) is 0.628. The molecule has 17 heavy (non-hydrogen) atoms. The van der Waals surface area contributed by atoms with Gasteiger partial charge in [-0.2, -0.15) is 0 Å². The van der Waals surface area contributed by atoms with Crippen molar-refractivity contribution >= 4 is 5.97 Å². The minimum atomic E-state index is -0.00511. The first-order valence-electron chi connectivity index (χ1n) is 6.72. The second-order valence-electron chi connectivity index (χ2n) is 7.56. The third-order valence-electron chi connectivity index (χ3n) is 3.93. The molecule has 1 aliphatic rings. The predicted octanol–water partition coefficient (Wildman–Crippen LogP) is 4.04. The first-order chi connectivity index (χ1) is 7.64. The third-order valence-corrected chi connectivity index (χ3v) is 3.93. The van der Waals surface area contributed by atoms with Gasteiger partial charge in [-0.3, -0.25) is 4.79 Å². The Balaban J connectivity index is 2.64. The fourth-order valence-corrected chi connectivity index (χ4v) is 3.05. The minimum Gasteiger partial charge on any atom is -0.469 e. The Morgan fingerprint density at radius 3 is 2.35 bits per heavy atom. The fourth-order valence-electron chi connectivity index (χ4n) is 3.05. The van der Waals surface area contributed by atoms with Gasteiger partial charge in [-0.25, -0.2) is 0 Å². The molecule has 0 spiro atoms. The smallest absolute Gasteiger partial charge is 0.308 e. The average Bonchev–Trinajstić information content (AvgIpc) is 2.49. The van der Waals surface area contributed by atoms with Crippen molar-refractivity contribution in [1.82, 2.24) is 0 Å². The molecule has 100 valence electrons. The summed E-state index contributed by atoms with van der Waals surface area (Å²) in [6.45, 7) is 11.3. The van der Waals surface area contributed by atoms with Crippen molar-refractivity contribution in [2.75, 3.05) is 7.11 Å². The minimum absolute atomic E-state index is 0.00511. The molecule has 2 heteroatoms. The zero-order valence-corrected chi connectivity index (χ0v) is 12.3. The van der Waals surface area contributed by atoms with Crippen LogP contribution in [0.25, 0.3) is 0 Å². The number of esters is 1. The van der Waals surface area contributed by atoms with Crippen molar-refractivity contribution < 1.29 is 9.53 Å². The molecule has 2 nitrogen and oxygen atoms in total. The molecule has 1 fully saturated rings. The quantitative estimate of drug-likeness (QED) is 0.696. The lowest BCUT2D eigenvalue weighted by molar-refractivity contribution is -0.147. The van der Waals surface area contributed by atoms with Crippen LogP contribution in [-0.2, 0) is 9.53 Å². The van der Waals surface area contributed by atoms with Crippen LogP contribution in [0.1, 0.15) is 60.3 Å². The molecule has 1 aliphatic carbocycles. The number of carbonyl (C=O) groups is 1. The van der Waals surface area contributed by atoms with Gasteiger partial charge in [-0.15, -0.1) is 0 Å². The molecule has 1 rings (SSSR count). The topological polar surface area (TPSA) is 26.3 Å². The Hall–Kier alpha value is -0.530. The van der Waals surface area contributed by atoms with E-state index in [2.05, 4.69) is 34.6 Å². The lowest BCUT2D eigenvalue weighted by Gasteiger charge is -2.23. The van der Waals surface area contributed by atoms with Crippen LogP contribution in [0.4, 0.5) is 0 Å². The van der Waals surface area contributed by atoms with Crippen molar-refractivity contribution in [2.24, 2.45) is 22.7 Å². The molecule has 0 saturated heterocycles. The van der Waals surface area contributed by atoms with E-state index >= 15 is 0 Å². The van der Waals surface area contributed by atoms with Gasteiger partial charge in [0, 0.05) is 0 Å². The van der Waals surface area contributed by atoms with E-state index in [1.165, 1.54) is 13.5 Å². The van der Waals surface area contributed by atoms with Crippen LogP contribution in [0.2, 0.25) is 0 Å². The lowest BCUT2D eigenvalue weighted by atomic mass is 9.82. The zero-order chi connectivity index (χ0) is 13.3. The number of hydrogen-bond donors (Lipinski definition) is 0. The van der Waals surface area contributed by atoms with Crippen LogP contribution >= 0.6 is 0 Å². The predicted molar refractivity (Wildman–Crippen MR) is 70.7 cm³/mol. The van der Waals surface area contributed by atoms with E-state index in [-0.39, 0.29) is 11.9 Å². The van der Waals surface area contributed by atoms with Gasteiger partial charge >= 0.3 is 5.97 Å². The van der Waals surface area contributed by atoms with Crippen molar-refractivity contribution in [1.29, 1.82) is 0 Å². The van der Waals surface area contributed by atoms with Crippen molar-refractivity contribution in [2.45, 2.75) is 60.3 Å². The van der Waals surface area contributed by atoms with E-state index in [9.17, 15) is 4.79 Å². The zero-order valence-electron chi connectivity index (χ0n) is 12.3. The number of methoxy groups -OCH3 is 1. The van der Waals surface area contributed by atoms with Gasteiger partial charge in [0.1, 0.15) is 0 Å². The Labute approximate surface area is 106 Å². The number of hydrogen-bond acceptors (Lipinski definition) is 2. The van der Waals surface area contributed by atoms with Gasteiger partial charge in [0.25, 0.3) is 0 Å². The summed E-state index contributed by atoms with van der Waals surface area (Å²) >= 11 is 0. The molecule has 0 bridgehead atoms. The van der Waals surface area contributed by atoms with Crippen LogP contribution in [0.5, 0.6) is 0 Å². The van der Waals surface area contributed by atoms with Gasteiger partial charge in [0.05, 0.1) is 13.0 Å². The Morgan fingerprint density at radius 2 is 1.88 bits per heavy atom. The molecular formula is C15H28O2. The number of carbonyl (C=O) groups excluding carboxylic acids is 1. The maximum Gasteiger partial charge on any atom is 0.308 e. The monoisotopic (exact) mass is 240 g/mol. The van der Waals surface area contributed by atoms with Crippen LogP contribution in [0.3, 0.4) is 0 Å². The molecule has 0 amide bonds. The lowest BCUT2D eigenvalue weighted by Crippen LogP contribution is -2.21. The molecule has 1 saturated carbocycles. The van der Waals surface area contributed by atoms with Gasteiger partial charge in [0.15, 0.2) is 0 Å². The van der Waals surface area contributed by atoms with Crippen molar-refractivity contribution in [3.63, 3.8) is 0 Å². The SMILES string of the molecule is COC(=O)[C@H]1CC(C)(C)CC1CCC(C)(C)C. The van der Waals surface area contributed by atoms with Crippen molar-refractivity contribution in [3.8, 4) is 0 Å². The molecule has 0 aliphatic heterocycles. The second-order valence-corrected chi connectivity index (χ2v) is 7.56. The van der Waals surface area contributed by atoms with E-state index < -0.39 is 0 Å². The van der Waals surface area contributed by atoms with Crippen LogP contribution in [0, 0.1) is 22.7 Å². The van der Waals surface area contributed by atoms with Crippen molar-refractivity contribution in [3.05, 3.63) is 0 Å². The largest absolute Gasteiger partial charge is 0.469 e. The molecule has 0 aromatic heterocycles. The van der Waals surface area contributed by atoms with Crippen LogP contribution < -0.4 is 0 Å². The van der Waals surface area contributed by atoms with E-state index in [1.54, 1.807) is 0 Å². The maximum atomic E-state index is 11.8. The summed E-state index contributed by atoms with van der Waals surface area (Å²) < 4.78 is 4.95. The highest BCUT2D eigenvalue weighted by Crippen LogP contribution is 2.48. The maximum absolute atomic E-state index is 11.8. The van der Waals surface area contributed by atoms with E-state index in [1.807, 2.05) is 0 Å². The normalized spacial score (nSPS) is 28.1. The third kappa shape index (κ3) is 4.33. The number of ether oxygens (including phenoxy) is 1. The highest BCUT2D eigenvalue weighted by Gasteiger charge is 2.43. The standard InChI is InChI=1S/C15H28O2/c1-14(2,3)8-7-11-9-15(4,5)10-12(11)13(16)17-6/h11-12H,7-10H2,1-6H3/t11?,12-/m0/s1. The molecule has 2 atom stereocenters. The number of rotatable bonds is 3. The van der Waals surface area contributed by atoms with E-state index in [0.717, 1.165) is 19.3 Å². The van der Waals surface area contributed by atoms with Crippen LogP contribution in [0.15, 0.2) is 0 Å². The summed E-state index contributed by atoms with van der Waals surface area (Å²) in [6.07, 6.45) is 4.46. The highest BCUT2D eigenvalue weighted by molar-refractivity contribution is 5.73. The Bertz CT molecular complexity index is 273. The summed E-state index contributed by atoms with van der Waals surface area (Å²) in [4.78, 5) is 11.8. The molecule has 0 aromatic rings. The molecule has 1 unspecified atom stereocenters. The summed E-state index contributed by atoms with van der Waals surface area (Å²) in [6, 6.07) is 0. The van der Waals surface area contributed by atoms with E-state index in [0.29, 0.717) is 16.7 Å². The summed E-state index contributed by atoms with van der Waals surface area (Å²) in [5, 5.41) is 0. The van der Waals surface area contributed by atoms with Gasteiger partial charge < -0.3 is 4.74 Å². The average molecular weight is 240 g/mol. The van der Waals surface area contributed by atoms with Gasteiger partial charge in [-0.05, 0) is 42.4 Å². The summed E-state index contributed by atoms with van der Waals surface area (Å²) in [7, 11) is 1.51. The molecule has 0 N–H and O–H groups in total. The first kappa shape index (κ1) is 14.5. The molecule has 0 aromatic carbocycles. The molecule has 0 heterocycles. The molecule has 0 radical (unpaired) electrons. The second kappa shape index (κ2) is 4.99. The van der Waals surface area contributed by atoms with Gasteiger partial charge in [-0.1, -0.05) is 34.6 Å². The highest BCUT2D eigenvalue weighted by atomic mass is 16.5.